The molecule has 0 fully saturated rings. The third-order valence-corrected chi connectivity index (χ3v) is 6.24. The summed E-state index contributed by atoms with van der Waals surface area (Å²) in [6.45, 7) is 0.886. The van der Waals surface area contributed by atoms with Gasteiger partial charge in [0, 0.05) is 28.0 Å². The van der Waals surface area contributed by atoms with Gasteiger partial charge in [-0.05, 0) is 36.4 Å². The van der Waals surface area contributed by atoms with Gasteiger partial charge in [-0.25, -0.2) is 0 Å². The fraction of sp³-hybridized carbons (Fsp3) is 0.130. The lowest BCUT2D eigenvalue weighted by Gasteiger charge is -2.29. The van der Waals surface area contributed by atoms with Crippen LogP contribution in [-0.4, -0.2) is 22.8 Å². The monoisotopic (exact) mass is 386 g/mol. The SMILES string of the molecule is O=C(Cn1c2ccccc2c(=O)c2ccccc21)N1CCSc2ccccc21. The molecule has 4 nitrogen and oxygen atoms in total. The second kappa shape index (κ2) is 6.84. The van der Waals surface area contributed by atoms with Crippen LogP contribution in [0, 0.1) is 0 Å². The summed E-state index contributed by atoms with van der Waals surface area (Å²) in [5.74, 6) is 0.917. The van der Waals surface area contributed by atoms with Crippen LogP contribution in [0.2, 0.25) is 0 Å². The summed E-state index contributed by atoms with van der Waals surface area (Å²) in [5, 5.41) is 1.28. The van der Waals surface area contributed by atoms with Gasteiger partial charge in [0.05, 0.1) is 16.7 Å². The molecule has 0 atom stereocenters. The summed E-state index contributed by atoms with van der Waals surface area (Å²) in [6, 6.07) is 23.1. The van der Waals surface area contributed by atoms with Crippen molar-refractivity contribution in [2.45, 2.75) is 11.4 Å². The number of aromatic nitrogens is 1. The zero-order chi connectivity index (χ0) is 19.1. The molecule has 1 amide bonds. The second-order valence-corrected chi connectivity index (χ2v) is 7.95. The highest BCUT2D eigenvalue weighted by atomic mass is 32.2. The van der Waals surface area contributed by atoms with E-state index >= 15 is 0 Å². The van der Waals surface area contributed by atoms with Crippen molar-refractivity contribution in [2.24, 2.45) is 0 Å². The Morgan fingerprint density at radius 3 is 2.18 bits per heavy atom. The maximum absolute atomic E-state index is 13.3. The molecule has 0 aliphatic carbocycles. The van der Waals surface area contributed by atoms with Gasteiger partial charge in [-0.2, -0.15) is 0 Å². The number of pyridine rings is 1. The number of carbonyl (C=O) groups excluding carboxylic acids is 1. The van der Waals surface area contributed by atoms with Crippen LogP contribution in [0.4, 0.5) is 5.69 Å². The number of carbonyl (C=O) groups is 1. The largest absolute Gasteiger partial charge is 0.331 e. The second-order valence-electron chi connectivity index (χ2n) is 6.81. The Balaban J connectivity index is 1.65. The molecule has 1 aliphatic rings. The molecule has 0 saturated carbocycles. The first kappa shape index (κ1) is 17.1. The van der Waals surface area contributed by atoms with E-state index in [1.54, 1.807) is 11.8 Å². The predicted molar refractivity (Wildman–Crippen MR) is 115 cm³/mol. The van der Waals surface area contributed by atoms with E-state index in [1.807, 2.05) is 76.2 Å². The molecule has 0 unspecified atom stereocenters. The van der Waals surface area contributed by atoms with E-state index in [2.05, 4.69) is 6.07 Å². The summed E-state index contributed by atoms with van der Waals surface area (Å²) in [7, 11) is 0. The molecule has 3 aromatic carbocycles. The summed E-state index contributed by atoms with van der Waals surface area (Å²) >= 11 is 1.78. The van der Waals surface area contributed by atoms with Gasteiger partial charge in [0.2, 0.25) is 5.91 Å². The molecule has 1 aromatic heterocycles. The van der Waals surface area contributed by atoms with Gasteiger partial charge >= 0.3 is 0 Å². The van der Waals surface area contributed by atoms with Gasteiger partial charge in [-0.3, -0.25) is 9.59 Å². The highest BCUT2D eigenvalue weighted by Gasteiger charge is 2.23. The zero-order valence-electron chi connectivity index (χ0n) is 15.2. The number of fused-ring (bicyclic) bond motifs is 3. The molecule has 5 heteroatoms. The maximum Gasteiger partial charge on any atom is 0.247 e. The first-order valence-corrected chi connectivity index (χ1v) is 10.2. The van der Waals surface area contributed by atoms with Crippen LogP contribution in [0.15, 0.2) is 82.5 Å². The fourth-order valence-electron chi connectivity index (χ4n) is 3.90. The Morgan fingerprint density at radius 1 is 0.857 bits per heavy atom. The first-order chi connectivity index (χ1) is 13.7. The molecular weight excluding hydrogens is 368 g/mol. The standard InChI is InChI=1S/C23H18N2O2S/c26-22(24-13-14-28-21-12-6-5-11-20(21)24)15-25-18-9-3-1-7-16(18)23(27)17-8-2-4-10-19(17)25/h1-12H,13-15H2. The Labute approximate surface area is 166 Å². The van der Waals surface area contributed by atoms with Gasteiger partial charge in [0.1, 0.15) is 6.54 Å². The van der Waals surface area contributed by atoms with E-state index in [0.717, 1.165) is 27.4 Å². The number of hydrogen-bond acceptors (Lipinski definition) is 3. The summed E-state index contributed by atoms with van der Waals surface area (Å²) in [6.07, 6.45) is 0. The van der Waals surface area contributed by atoms with Crippen LogP contribution in [0.3, 0.4) is 0 Å². The molecule has 2 heterocycles. The average molecular weight is 386 g/mol. The third kappa shape index (κ3) is 2.70. The number of benzene rings is 3. The minimum Gasteiger partial charge on any atom is -0.331 e. The molecule has 0 bridgehead atoms. The van der Waals surface area contributed by atoms with Gasteiger partial charge in [-0.1, -0.05) is 36.4 Å². The molecule has 1 aliphatic heterocycles. The van der Waals surface area contributed by atoms with E-state index < -0.39 is 0 Å². The molecule has 0 spiro atoms. The van der Waals surface area contributed by atoms with Crippen molar-refractivity contribution >= 4 is 45.2 Å². The van der Waals surface area contributed by atoms with Crippen molar-refractivity contribution < 1.29 is 4.79 Å². The van der Waals surface area contributed by atoms with E-state index in [9.17, 15) is 9.59 Å². The number of rotatable bonds is 2. The summed E-state index contributed by atoms with van der Waals surface area (Å²) in [4.78, 5) is 29.2. The lowest BCUT2D eigenvalue weighted by molar-refractivity contribution is -0.119. The molecule has 0 saturated heterocycles. The smallest absolute Gasteiger partial charge is 0.247 e. The quantitative estimate of drug-likeness (QED) is 0.483. The number of para-hydroxylation sites is 3. The van der Waals surface area contributed by atoms with Crippen LogP contribution in [-0.2, 0) is 11.3 Å². The van der Waals surface area contributed by atoms with E-state index in [1.165, 1.54) is 0 Å². The Kier molecular flexibility index (Phi) is 4.17. The third-order valence-electron chi connectivity index (χ3n) is 5.20. The van der Waals surface area contributed by atoms with Crippen LogP contribution in [0.1, 0.15) is 0 Å². The normalized spacial score (nSPS) is 13.6. The number of thioether (sulfide) groups is 1. The van der Waals surface area contributed by atoms with Crippen LogP contribution in [0.25, 0.3) is 21.8 Å². The number of nitrogens with zero attached hydrogens (tertiary/aromatic N) is 2. The van der Waals surface area contributed by atoms with E-state index in [4.69, 9.17) is 0 Å². The first-order valence-electron chi connectivity index (χ1n) is 9.26. The van der Waals surface area contributed by atoms with Crippen molar-refractivity contribution in [3.05, 3.63) is 83.0 Å². The molecule has 5 rings (SSSR count). The van der Waals surface area contributed by atoms with E-state index in [-0.39, 0.29) is 17.9 Å². The lowest BCUT2D eigenvalue weighted by atomic mass is 10.1. The van der Waals surface area contributed by atoms with Crippen molar-refractivity contribution in [3.8, 4) is 0 Å². The lowest BCUT2D eigenvalue weighted by Crippen LogP contribution is -2.38. The van der Waals surface area contributed by atoms with Gasteiger partial charge in [0.25, 0.3) is 0 Å². The average Bonchev–Trinajstić information content (AvgIpc) is 2.76. The van der Waals surface area contributed by atoms with Crippen LogP contribution < -0.4 is 10.3 Å². The van der Waals surface area contributed by atoms with Crippen molar-refractivity contribution in [1.29, 1.82) is 0 Å². The van der Waals surface area contributed by atoms with Crippen molar-refractivity contribution in [1.82, 2.24) is 4.57 Å². The van der Waals surface area contributed by atoms with Gasteiger partial charge in [0.15, 0.2) is 5.43 Å². The summed E-state index contributed by atoms with van der Waals surface area (Å²) in [5.41, 5.74) is 2.56. The summed E-state index contributed by atoms with van der Waals surface area (Å²) < 4.78 is 1.97. The Morgan fingerprint density at radius 2 is 1.46 bits per heavy atom. The van der Waals surface area contributed by atoms with Crippen LogP contribution >= 0.6 is 11.8 Å². The molecular formula is C23H18N2O2S. The topological polar surface area (TPSA) is 42.3 Å². The maximum atomic E-state index is 13.3. The molecule has 4 aromatic rings. The number of amides is 1. The Hall–Kier alpha value is -3.05. The van der Waals surface area contributed by atoms with Crippen molar-refractivity contribution in [3.63, 3.8) is 0 Å². The molecule has 0 N–H and O–H groups in total. The zero-order valence-corrected chi connectivity index (χ0v) is 16.0. The molecule has 28 heavy (non-hydrogen) atoms. The van der Waals surface area contributed by atoms with Gasteiger partial charge in [-0.15, -0.1) is 11.8 Å². The van der Waals surface area contributed by atoms with E-state index in [0.29, 0.717) is 17.3 Å². The minimum atomic E-state index is 0.00890. The Bertz CT molecular complexity index is 1220. The van der Waals surface area contributed by atoms with Crippen molar-refractivity contribution in [2.75, 3.05) is 17.2 Å². The minimum absolute atomic E-state index is 0.00890. The number of hydrogen-bond donors (Lipinski definition) is 0. The fourth-order valence-corrected chi connectivity index (χ4v) is 4.89. The van der Waals surface area contributed by atoms with Crippen LogP contribution in [0.5, 0.6) is 0 Å². The molecule has 138 valence electrons. The highest BCUT2D eigenvalue weighted by Crippen LogP contribution is 2.34. The molecule has 0 radical (unpaired) electrons. The van der Waals surface area contributed by atoms with Gasteiger partial charge < -0.3 is 9.47 Å². The predicted octanol–water partition coefficient (Wildman–Crippen LogP) is 4.29. The number of anilines is 1. The highest BCUT2D eigenvalue weighted by molar-refractivity contribution is 7.99.